The summed E-state index contributed by atoms with van der Waals surface area (Å²) in [5.74, 6) is 0.0374. The third-order valence-corrected chi connectivity index (χ3v) is 4.29. The number of carbonyl (C=O) groups is 1. The molecule has 114 valence electrons. The van der Waals surface area contributed by atoms with Gasteiger partial charge in [0.25, 0.3) is 0 Å². The maximum Gasteiger partial charge on any atom is 0.225 e. The molecule has 1 heterocycles. The van der Waals surface area contributed by atoms with Gasteiger partial charge in [0.05, 0.1) is 11.9 Å². The van der Waals surface area contributed by atoms with Crippen LogP contribution in [0.15, 0.2) is 48.8 Å². The van der Waals surface area contributed by atoms with Crippen molar-refractivity contribution >= 4 is 11.6 Å². The van der Waals surface area contributed by atoms with Crippen LogP contribution in [0.4, 0.5) is 5.69 Å². The molecule has 1 aromatic heterocycles. The largest absolute Gasteiger partial charge is 0.325 e. The molecule has 0 aliphatic heterocycles. The lowest BCUT2D eigenvalue weighted by Crippen LogP contribution is -2.34. The van der Waals surface area contributed by atoms with Crippen LogP contribution in [0, 0.1) is 0 Å². The van der Waals surface area contributed by atoms with Crippen molar-refractivity contribution in [2.24, 2.45) is 0 Å². The molecule has 1 amide bonds. The molecule has 3 rings (SSSR count). The van der Waals surface area contributed by atoms with Crippen LogP contribution in [0.3, 0.4) is 0 Å². The molecule has 0 bridgehead atoms. The van der Waals surface area contributed by atoms with E-state index in [1.54, 1.807) is 12.4 Å². The molecule has 0 saturated carbocycles. The fraction of sp³-hybridized carbons (Fsp3) is 0.333. The van der Waals surface area contributed by atoms with Gasteiger partial charge in [0, 0.05) is 25.2 Å². The number of anilines is 1. The second-order valence-corrected chi connectivity index (χ2v) is 5.85. The summed E-state index contributed by atoms with van der Waals surface area (Å²) in [5, 5.41) is 2.88. The number of aromatic nitrogens is 1. The maximum atomic E-state index is 12.0. The van der Waals surface area contributed by atoms with Crippen molar-refractivity contribution in [1.82, 2.24) is 9.88 Å². The van der Waals surface area contributed by atoms with Gasteiger partial charge in [0.1, 0.15) is 0 Å². The average molecular weight is 295 g/mol. The van der Waals surface area contributed by atoms with E-state index in [1.165, 1.54) is 11.1 Å². The SMILES string of the molecule is CN(CCC(=O)Nc1cccnc1)C1Cc2ccccc2C1. The molecule has 0 saturated heterocycles. The molecule has 0 spiro atoms. The molecular formula is C18H21N3O. The molecule has 2 aromatic rings. The Kier molecular flexibility index (Phi) is 4.49. The van der Waals surface area contributed by atoms with E-state index in [0.717, 1.165) is 25.1 Å². The monoisotopic (exact) mass is 295 g/mol. The van der Waals surface area contributed by atoms with E-state index in [2.05, 4.69) is 46.5 Å². The summed E-state index contributed by atoms with van der Waals surface area (Å²) < 4.78 is 0. The Morgan fingerprint density at radius 2 is 1.95 bits per heavy atom. The first-order valence-electron chi connectivity index (χ1n) is 7.69. The van der Waals surface area contributed by atoms with Crippen LogP contribution in [-0.4, -0.2) is 35.4 Å². The molecule has 1 aliphatic carbocycles. The van der Waals surface area contributed by atoms with E-state index in [4.69, 9.17) is 0 Å². The van der Waals surface area contributed by atoms with E-state index in [1.807, 2.05) is 12.1 Å². The van der Waals surface area contributed by atoms with E-state index in [9.17, 15) is 4.79 Å². The first-order chi connectivity index (χ1) is 10.7. The van der Waals surface area contributed by atoms with Crippen molar-refractivity contribution in [3.8, 4) is 0 Å². The zero-order valence-corrected chi connectivity index (χ0v) is 12.8. The Labute approximate surface area is 131 Å². The molecule has 1 N–H and O–H groups in total. The van der Waals surface area contributed by atoms with Gasteiger partial charge >= 0.3 is 0 Å². The Balaban J connectivity index is 1.47. The van der Waals surface area contributed by atoms with Gasteiger partial charge in [-0.05, 0) is 43.1 Å². The topological polar surface area (TPSA) is 45.2 Å². The van der Waals surface area contributed by atoms with Crippen molar-refractivity contribution < 1.29 is 4.79 Å². The quantitative estimate of drug-likeness (QED) is 0.922. The number of rotatable bonds is 5. The van der Waals surface area contributed by atoms with Crippen molar-refractivity contribution in [1.29, 1.82) is 0 Å². The predicted molar refractivity (Wildman–Crippen MR) is 87.8 cm³/mol. The van der Waals surface area contributed by atoms with E-state index in [-0.39, 0.29) is 5.91 Å². The van der Waals surface area contributed by atoms with Crippen LogP contribution in [0.1, 0.15) is 17.5 Å². The minimum absolute atomic E-state index is 0.0374. The van der Waals surface area contributed by atoms with Crippen LogP contribution in [0.25, 0.3) is 0 Å². The molecule has 4 heteroatoms. The number of likely N-dealkylation sites (N-methyl/N-ethyl adjacent to an activating group) is 1. The van der Waals surface area contributed by atoms with E-state index < -0.39 is 0 Å². The normalized spacial score (nSPS) is 14.1. The lowest BCUT2D eigenvalue weighted by atomic mass is 10.1. The lowest BCUT2D eigenvalue weighted by molar-refractivity contribution is -0.116. The summed E-state index contributed by atoms with van der Waals surface area (Å²) in [6.45, 7) is 0.769. The maximum absolute atomic E-state index is 12.0. The van der Waals surface area contributed by atoms with Crippen LogP contribution < -0.4 is 5.32 Å². The number of benzene rings is 1. The van der Waals surface area contributed by atoms with Crippen LogP contribution in [0.5, 0.6) is 0 Å². The zero-order chi connectivity index (χ0) is 15.4. The number of carbonyl (C=O) groups excluding carboxylic acids is 1. The van der Waals surface area contributed by atoms with Gasteiger partial charge in [-0.1, -0.05) is 24.3 Å². The Morgan fingerprint density at radius 1 is 1.23 bits per heavy atom. The van der Waals surface area contributed by atoms with Crippen molar-refractivity contribution in [3.05, 3.63) is 59.9 Å². The summed E-state index contributed by atoms with van der Waals surface area (Å²) >= 11 is 0. The van der Waals surface area contributed by atoms with Crippen molar-refractivity contribution in [2.45, 2.75) is 25.3 Å². The number of nitrogens with one attached hydrogen (secondary N) is 1. The fourth-order valence-corrected chi connectivity index (χ4v) is 2.97. The molecule has 0 atom stereocenters. The minimum atomic E-state index is 0.0374. The van der Waals surface area contributed by atoms with Crippen LogP contribution in [-0.2, 0) is 17.6 Å². The van der Waals surface area contributed by atoms with Crippen molar-refractivity contribution in [3.63, 3.8) is 0 Å². The third-order valence-electron chi connectivity index (χ3n) is 4.29. The standard InChI is InChI=1S/C18H21N3O/c1-21(17-11-14-5-2-3-6-15(14)12-17)10-8-18(22)20-16-7-4-9-19-13-16/h2-7,9,13,17H,8,10-12H2,1H3,(H,20,22). The highest BCUT2D eigenvalue weighted by atomic mass is 16.1. The number of nitrogens with zero attached hydrogens (tertiary/aromatic N) is 2. The highest BCUT2D eigenvalue weighted by Crippen LogP contribution is 2.24. The number of hydrogen-bond acceptors (Lipinski definition) is 3. The molecule has 22 heavy (non-hydrogen) atoms. The summed E-state index contributed by atoms with van der Waals surface area (Å²) in [6, 6.07) is 12.8. The van der Waals surface area contributed by atoms with Gasteiger partial charge in [-0.25, -0.2) is 0 Å². The van der Waals surface area contributed by atoms with Gasteiger partial charge in [0.2, 0.25) is 5.91 Å². The Morgan fingerprint density at radius 3 is 2.59 bits per heavy atom. The summed E-state index contributed by atoms with van der Waals surface area (Å²) in [6.07, 6.45) is 6.02. The lowest BCUT2D eigenvalue weighted by Gasteiger charge is -2.23. The number of fused-ring (bicyclic) bond motifs is 1. The fourth-order valence-electron chi connectivity index (χ4n) is 2.97. The molecule has 0 fully saturated rings. The molecule has 1 aromatic carbocycles. The summed E-state index contributed by atoms with van der Waals surface area (Å²) in [4.78, 5) is 18.3. The average Bonchev–Trinajstić information content (AvgIpc) is 2.98. The molecule has 0 unspecified atom stereocenters. The molecule has 4 nitrogen and oxygen atoms in total. The minimum Gasteiger partial charge on any atom is -0.325 e. The first kappa shape index (κ1) is 14.7. The van der Waals surface area contributed by atoms with Gasteiger partial charge < -0.3 is 10.2 Å². The van der Waals surface area contributed by atoms with Gasteiger partial charge in [-0.2, -0.15) is 0 Å². The molecule has 1 aliphatic rings. The smallest absolute Gasteiger partial charge is 0.225 e. The summed E-state index contributed by atoms with van der Waals surface area (Å²) in [5.41, 5.74) is 3.64. The predicted octanol–water partition coefficient (Wildman–Crippen LogP) is 2.51. The highest BCUT2D eigenvalue weighted by molar-refractivity contribution is 5.90. The van der Waals surface area contributed by atoms with Crippen molar-refractivity contribution in [2.75, 3.05) is 18.9 Å². The second-order valence-electron chi connectivity index (χ2n) is 5.85. The zero-order valence-electron chi connectivity index (χ0n) is 12.8. The number of pyridine rings is 1. The third kappa shape index (κ3) is 3.52. The van der Waals surface area contributed by atoms with Gasteiger partial charge in [-0.15, -0.1) is 0 Å². The Bertz CT molecular complexity index is 617. The van der Waals surface area contributed by atoms with Gasteiger partial charge in [-0.3, -0.25) is 9.78 Å². The summed E-state index contributed by atoms with van der Waals surface area (Å²) in [7, 11) is 2.11. The van der Waals surface area contributed by atoms with Gasteiger partial charge in [0.15, 0.2) is 0 Å². The van der Waals surface area contributed by atoms with Crippen LogP contribution in [0.2, 0.25) is 0 Å². The number of hydrogen-bond donors (Lipinski definition) is 1. The molecule has 0 radical (unpaired) electrons. The highest BCUT2D eigenvalue weighted by Gasteiger charge is 2.24. The first-order valence-corrected chi connectivity index (χ1v) is 7.69. The Hall–Kier alpha value is -2.20. The second kappa shape index (κ2) is 6.71. The van der Waals surface area contributed by atoms with Crippen LogP contribution >= 0.6 is 0 Å². The van der Waals surface area contributed by atoms with E-state index >= 15 is 0 Å². The van der Waals surface area contributed by atoms with E-state index in [0.29, 0.717) is 12.5 Å². The molecular weight excluding hydrogens is 274 g/mol. The number of amides is 1.